The minimum atomic E-state index is -0.0739. The number of nitrogens with zero attached hydrogens (tertiary/aromatic N) is 4. The number of aryl methyl sites for hydroxylation is 3. The number of carbonyl (C=O) groups is 1. The average molecular weight is 354 g/mol. The number of amides is 1. The molecule has 0 aromatic carbocycles. The Balaban J connectivity index is 1.83. The smallest absolute Gasteiger partial charge is 0.254 e. The Morgan fingerprint density at radius 1 is 1.33 bits per heavy atom. The van der Waals surface area contributed by atoms with Crippen LogP contribution in [0.25, 0.3) is 0 Å². The van der Waals surface area contributed by atoms with Gasteiger partial charge in [0.05, 0.1) is 21.9 Å². The molecule has 2 aromatic heterocycles. The molecule has 1 amide bonds. The van der Waals surface area contributed by atoms with Crippen molar-refractivity contribution in [3.8, 4) is 0 Å². The van der Waals surface area contributed by atoms with Gasteiger partial charge in [0.1, 0.15) is 0 Å². The summed E-state index contributed by atoms with van der Waals surface area (Å²) < 4.78 is 4.71. The number of hydrogen-bond acceptors (Lipinski definition) is 3. The summed E-state index contributed by atoms with van der Waals surface area (Å²) in [7, 11) is 1.83. The molecule has 2 aromatic rings. The largest absolute Gasteiger partial charge is 0.352 e. The van der Waals surface area contributed by atoms with E-state index in [-0.39, 0.29) is 5.91 Å². The SMILES string of the molecule is Cc1nn(CCCNC(=O)c2cnn(C)c2C)c(C)c1Br. The standard InChI is InChI=1S/C14H20BrN5O/c1-9-13(15)11(3)20(18-9)7-5-6-16-14(21)12-8-17-19(4)10(12)2/h8H,5-7H2,1-4H3,(H,16,21). The normalized spacial score (nSPS) is 10.9. The molecule has 7 heteroatoms. The molecule has 0 radical (unpaired) electrons. The van der Waals surface area contributed by atoms with Crippen molar-refractivity contribution in [1.29, 1.82) is 0 Å². The predicted octanol–water partition coefficient (Wildman–Crippen LogP) is 2.12. The summed E-state index contributed by atoms with van der Waals surface area (Å²) in [4.78, 5) is 12.0. The van der Waals surface area contributed by atoms with Crippen molar-refractivity contribution < 1.29 is 4.79 Å². The third kappa shape index (κ3) is 3.34. The van der Waals surface area contributed by atoms with Gasteiger partial charge in [-0.25, -0.2) is 0 Å². The van der Waals surface area contributed by atoms with E-state index in [4.69, 9.17) is 0 Å². The summed E-state index contributed by atoms with van der Waals surface area (Å²) in [5.74, 6) is -0.0739. The van der Waals surface area contributed by atoms with Crippen molar-refractivity contribution in [1.82, 2.24) is 24.9 Å². The Hall–Kier alpha value is -1.63. The highest BCUT2D eigenvalue weighted by Gasteiger charge is 2.12. The second-order valence-corrected chi connectivity index (χ2v) is 5.88. The summed E-state index contributed by atoms with van der Waals surface area (Å²) in [6.45, 7) is 7.28. The van der Waals surface area contributed by atoms with Gasteiger partial charge in [-0.15, -0.1) is 0 Å². The molecule has 6 nitrogen and oxygen atoms in total. The van der Waals surface area contributed by atoms with Crippen molar-refractivity contribution in [2.75, 3.05) is 6.54 Å². The minimum absolute atomic E-state index is 0.0739. The maximum Gasteiger partial charge on any atom is 0.254 e. The molecule has 114 valence electrons. The van der Waals surface area contributed by atoms with Crippen LogP contribution in [0.4, 0.5) is 0 Å². The maximum atomic E-state index is 12.0. The van der Waals surface area contributed by atoms with Crippen LogP contribution in [0.15, 0.2) is 10.7 Å². The second-order valence-electron chi connectivity index (χ2n) is 5.08. The quantitative estimate of drug-likeness (QED) is 0.837. The molecule has 0 bridgehead atoms. The zero-order valence-corrected chi connectivity index (χ0v) is 14.4. The molecule has 0 saturated carbocycles. The van der Waals surface area contributed by atoms with E-state index in [0.717, 1.165) is 34.5 Å². The van der Waals surface area contributed by atoms with E-state index in [1.54, 1.807) is 10.9 Å². The Bertz CT molecular complexity index is 659. The third-order valence-corrected chi connectivity index (χ3v) is 4.75. The van der Waals surface area contributed by atoms with Crippen molar-refractivity contribution in [2.24, 2.45) is 7.05 Å². The third-order valence-electron chi connectivity index (χ3n) is 3.61. The monoisotopic (exact) mass is 353 g/mol. The first-order chi connectivity index (χ1) is 9.91. The molecule has 0 aliphatic heterocycles. The van der Waals surface area contributed by atoms with Gasteiger partial charge in [0.25, 0.3) is 5.91 Å². The Labute approximate surface area is 132 Å². The van der Waals surface area contributed by atoms with Gasteiger partial charge >= 0.3 is 0 Å². The first-order valence-corrected chi connectivity index (χ1v) is 7.67. The van der Waals surface area contributed by atoms with Gasteiger partial charge in [-0.2, -0.15) is 10.2 Å². The highest BCUT2D eigenvalue weighted by molar-refractivity contribution is 9.10. The van der Waals surface area contributed by atoms with Crippen LogP contribution in [0.2, 0.25) is 0 Å². The first-order valence-electron chi connectivity index (χ1n) is 6.88. The van der Waals surface area contributed by atoms with Gasteiger partial charge in [0.15, 0.2) is 0 Å². The first kappa shape index (κ1) is 15.8. The van der Waals surface area contributed by atoms with Crippen LogP contribution in [-0.2, 0) is 13.6 Å². The van der Waals surface area contributed by atoms with Crippen molar-refractivity contribution in [2.45, 2.75) is 33.7 Å². The summed E-state index contributed by atoms with van der Waals surface area (Å²) in [5, 5.41) is 11.4. The van der Waals surface area contributed by atoms with Crippen LogP contribution in [-0.4, -0.2) is 32.0 Å². The number of hydrogen-bond donors (Lipinski definition) is 1. The molecule has 1 N–H and O–H groups in total. The van der Waals surface area contributed by atoms with E-state index in [2.05, 4.69) is 31.4 Å². The van der Waals surface area contributed by atoms with E-state index in [1.165, 1.54) is 0 Å². The van der Waals surface area contributed by atoms with Crippen LogP contribution >= 0.6 is 15.9 Å². The molecular formula is C14H20BrN5O. The molecule has 21 heavy (non-hydrogen) atoms. The van der Waals surface area contributed by atoms with Crippen molar-refractivity contribution in [3.63, 3.8) is 0 Å². The molecule has 0 saturated heterocycles. The van der Waals surface area contributed by atoms with Crippen LogP contribution in [0.1, 0.15) is 33.9 Å². The van der Waals surface area contributed by atoms with Crippen LogP contribution in [0, 0.1) is 20.8 Å². The summed E-state index contributed by atoms with van der Waals surface area (Å²) in [6, 6.07) is 0. The van der Waals surface area contributed by atoms with Gasteiger partial charge in [-0.1, -0.05) is 0 Å². The summed E-state index contributed by atoms with van der Waals surface area (Å²) in [5.41, 5.74) is 3.60. The number of nitrogens with one attached hydrogen (secondary N) is 1. The van der Waals surface area contributed by atoms with E-state index in [0.29, 0.717) is 12.1 Å². The van der Waals surface area contributed by atoms with Crippen LogP contribution in [0.5, 0.6) is 0 Å². The minimum Gasteiger partial charge on any atom is -0.352 e. The molecule has 0 unspecified atom stereocenters. The lowest BCUT2D eigenvalue weighted by Crippen LogP contribution is -2.25. The fourth-order valence-corrected chi connectivity index (χ4v) is 2.42. The number of carbonyl (C=O) groups excluding carboxylic acids is 1. The Morgan fingerprint density at radius 2 is 2.05 bits per heavy atom. The van der Waals surface area contributed by atoms with Gasteiger partial charge in [-0.05, 0) is 43.1 Å². The summed E-state index contributed by atoms with van der Waals surface area (Å²) in [6.07, 6.45) is 2.43. The highest BCUT2D eigenvalue weighted by atomic mass is 79.9. The van der Waals surface area contributed by atoms with Gasteiger partial charge < -0.3 is 5.32 Å². The lowest BCUT2D eigenvalue weighted by atomic mass is 10.2. The number of halogens is 1. The van der Waals surface area contributed by atoms with E-state index in [9.17, 15) is 4.79 Å². The fraction of sp³-hybridized carbons (Fsp3) is 0.500. The lowest BCUT2D eigenvalue weighted by Gasteiger charge is -2.06. The molecule has 0 fully saturated rings. The van der Waals surface area contributed by atoms with Gasteiger partial charge in [0.2, 0.25) is 0 Å². The summed E-state index contributed by atoms with van der Waals surface area (Å²) >= 11 is 3.51. The average Bonchev–Trinajstić information content (AvgIpc) is 2.91. The fourth-order valence-electron chi connectivity index (χ4n) is 2.14. The second kappa shape index (κ2) is 6.43. The topological polar surface area (TPSA) is 64.7 Å². The number of rotatable bonds is 5. The van der Waals surface area contributed by atoms with Gasteiger partial charge in [-0.3, -0.25) is 14.2 Å². The zero-order valence-electron chi connectivity index (χ0n) is 12.8. The molecule has 2 rings (SSSR count). The molecule has 0 spiro atoms. The molecule has 0 aliphatic rings. The van der Waals surface area contributed by atoms with Crippen LogP contribution in [0.3, 0.4) is 0 Å². The Morgan fingerprint density at radius 3 is 2.57 bits per heavy atom. The van der Waals surface area contributed by atoms with Crippen LogP contribution < -0.4 is 5.32 Å². The molecule has 0 aliphatic carbocycles. The number of aromatic nitrogens is 4. The van der Waals surface area contributed by atoms with E-state index >= 15 is 0 Å². The zero-order chi connectivity index (χ0) is 15.6. The predicted molar refractivity (Wildman–Crippen MR) is 84.3 cm³/mol. The van der Waals surface area contributed by atoms with E-state index < -0.39 is 0 Å². The maximum absolute atomic E-state index is 12.0. The van der Waals surface area contributed by atoms with E-state index in [1.807, 2.05) is 32.5 Å². The van der Waals surface area contributed by atoms with Crippen molar-refractivity contribution >= 4 is 21.8 Å². The molecule has 2 heterocycles. The Kier molecular flexibility index (Phi) is 4.82. The molecule has 0 atom stereocenters. The van der Waals surface area contributed by atoms with Gasteiger partial charge in [0, 0.05) is 31.5 Å². The molecular weight excluding hydrogens is 334 g/mol. The highest BCUT2D eigenvalue weighted by Crippen LogP contribution is 2.19. The lowest BCUT2D eigenvalue weighted by molar-refractivity contribution is 0.0952. The van der Waals surface area contributed by atoms with Crippen molar-refractivity contribution in [3.05, 3.63) is 33.3 Å².